The van der Waals surface area contributed by atoms with Gasteiger partial charge in [-0.25, -0.2) is 9.98 Å². The smallest absolute Gasteiger partial charge is 0.102 e. The zero-order chi connectivity index (χ0) is 22.1. The molecule has 0 radical (unpaired) electrons. The summed E-state index contributed by atoms with van der Waals surface area (Å²) in [7, 11) is 4.01. The highest BCUT2D eigenvalue weighted by Crippen LogP contribution is 2.31. The van der Waals surface area contributed by atoms with E-state index in [0.29, 0.717) is 18.1 Å². The van der Waals surface area contributed by atoms with Crippen molar-refractivity contribution in [1.29, 1.82) is 0 Å². The number of aryl methyl sites for hydroxylation is 2. The quantitative estimate of drug-likeness (QED) is 0.562. The number of hydrogen-bond donors (Lipinski definition) is 1. The maximum Gasteiger partial charge on any atom is 0.102 e. The molecule has 164 valence electrons. The predicted octanol–water partition coefficient (Wildman–Crippen LogP) is 4.90. The third-order valence-electron chi connectivity index (χ3n) is 6.98. The largest absolute Gasteiger partial charge is 0.360 e. The lowest BCUT2D eigenvalue weighted by molar-refractivity contribution is 0.243. The molecule has 5 nitrogen and oxygen atoms in total. The van der Waals surface area contributed by atoms with E-state index in [1.807, 2.05) is 19.1 Å². The van der Waals surface area contributed by atoms with Gasteiger partial charge in [0.2, 0.25) is 0 Å². The van der Waals surface area contributed by atoms with E-state index in [1.54, 1.807) is 7.05 Å². The molecule has 1 aromatic rings. The van der Waals surface area contributed by atoms with E-state index < -0.39 is 0 Å². The summed E-state index contributed by atoms with van der Waals surface area (Å²) < 4.78 is 0. The molecule has 0 amide bonds. The summed E-state index contributed by atoms with van der Waals surface area (Å²) in [5, 5.41) is 3.74. The van der Waals surface area contributed by atoms with Gasteiger partial charge in [0.25, 0.3) is 0 Å². The molecule has 0 aromatic heterocycles. The summed E-state index contributed by atoms with van der Waals surface area (Å²) in [6.07, 6.45) is 11.2. The van der Waals surface area contributed by atoms with Crippen molar-refractivity contribution in [3.8, 4) is 0 Å². The van der Waals surface area contributed by atoms with Gasteiger partial charge in [-0.1, -0.05) is 6.08 Å². The third kappa shape index (κ3) is 4.42. The molecule has 3 heterocycles. The Hall–Kier alpha value is -2.53. The average Bonchev–Trinajstić information content (AvgIpc) is 3.12. The van der Waals surface area contributed by atoms with E-state index in [9.17, 15) is 0 Å². The molecule has 0 aliphatic carbocycles. The molecule has 3 aliphatic heterocycles. The molecule has 3 aliphatic rings. The van der Waals surface area contributed by atoms with Crippen molar-refractivity contribution in [1.82, 2.24) is 10.2 Å². The Morgan fingerprint density at radius 1 is 1.13 bits per heavy atom. The molecule has 2 fully saturated rings. The number of allylic oxidation sites excluding steroid dienone is 3. The third-order valence-corrected chi connectivity index (χ3v) is 6.98. The van der Waals surface area contributed by atoms with Crippen LogP contribution in [0.3, 0.4) is 0 Å². The van der Waals surface area contributed by atoms with Gasteiger partial charge in [0.1, 0.15) is 5.84 Å². The van der Waals surface area contributed by atoms with Crippen LogP contribution in [-0.4, -0.2) is 54.4 Å². The highest BCUT2D eigenvalue weighted by Gasteiger charge is 2.35. The molecule has 31 heavy (non-hydrogen) atoms. The first kappa shape index (κ1) is 21.7. The number of fused-ring (bicyclic) bond motifs is 2. The van der Waals surface area contributed by atoms with Gasteiger partial charge in [-0.2, -0.15) is 0 Å². The van der Waals surface area contributed by atoms with Gasteiger partial charge in [0.05, 0.1) is 22.8 Å². The molecule has 1 aromatic carbocycles. The first-order chi connectivity index (χ1) is 14.9. The fourth-order valence-corrected chi connectivity index (χ4v) is 5.16. The summed E-state index contributed by atoms with van der Waals surface area (Å²) in [5.41, 5.74) is 7.38. The molecule has 2 saturated heterocycles. The van der Waals surface area contributed by atoms with Crippen LogP contribution >= 0.6 is 0 Å². The highest BCUT2D eigenvalue weighted by atomic mass is 15.2. The van der Waals surface area contributed by atoms with Crippen LogP contribution in [0.1, 0.15) is 56.2 Å². The van der Waals surface area contributed by atoms with Gasteiger partial charge >= 0.3 is 0 Å². The number of aliphatic imine (C=N–C) groups is 3. The number of hydrogen-bond acceptors (Lipinski definition) is 4. The van der Waals surface area contributed by atoms with Crippen LogP contribution in [0.15, 0.2) is 51.0 Å². The summed E-state index contributed by atoms with van der Waals surface area (Å²) >= 11 is 0. The monoisotopic (exact) mass is 417 g/mol. The van der Waals surface area contributed by atoms with Crippen LogP contribution < -0.4 is 5.32 Å². The second-order valence-electron chi connectivity index (χ2n) is 9.10. The van der Waals surface area contributed by atoms with E-state index in [-0.39, 0.29) is 0 Å². The summed E-state index contributed by atoms with van der Waals surface area (Å²) in [5.74, 6) is 1.10. The normalized spacial score (nSPS) is 28.4. The number of piperidine rings is 1. The Morgan fingerprint density at radius 3 is 2.35 bits per heavy atom. The number of rotatable bonds is 3. The molecule has 0 spiro atoms. The highest BCUT2D eigenvalue weighted by molar-refractivity contribution is 6.21. The second-order valence-corrected chi connectivity index (χ2v) is 9.10. The van der Waals surface area contributed by atoms with E-state index in [4.69, 9.17) is 9.98 Å². The van der Waals surface area contributed by atoms with Crippen LogP contribution in [0.2, 0.25) is 0 Å². The molecule has 2 bridgehead atoms. The topological polar surface area (TPSA) is 52.4 Å². The van der Waals surface area contributed by atoms with Crippen molar-refractivity contribution < 1.29 is 0 Å². The Labute approximate surface area is 186 Å². The standard InChI is InChI=1S/C26H35N5/c1-7-23-25(27-5)11-10-24(30-23)19-12-16(2)26(17(3)13-19)28-18(4)31(6)22-14-20-8-9-21(15-22)29-20/h7,10-13,20-22,29H,8-9,14-15H2,1-6H3/b23-7+,27-25?,28-18?. The second kappa shape index (κ2) is 8.91. The van der Waals surface area contributed by atoms with Crippen LogP contribution in [0.25, 0.3) is 0 Å². The molecule has 2 atom stereocenters. The fraction of sp³-hybridized carbons (Fsp3) is 0.500. The van der Waals surface area contributed by atoms with Crippen LogP contribution in [0, 0.1) is 13.8 Å². The van der Waals surface area contributed by atoms with Gasteiger partial charge in [0.15, 0.2) is 0 Å². The molecule has 5 heteroatoms. The summed E-state index contributed by atoms with van der Waals surface area (Å²) in [6.45, 7) is 8.45. The predicted molar refractivity (Wildman–Crippen MR) is 132 cm³/mol. The van der Waals surface area contributed by atoms with Crippen LogP contribution in [0.4, 0.5) is 5.69 Å². The van der Waals surface area contributed by atoms with Crippen molar-refractivity contribution >= 4 is 22.9 Å². The lowest BCUT2D eigenvalue weighted by atomic mass is 9.98. The Kier molecular flexibility index (Phi) is 6.24. The molecule has 1 N–H and O–H groups in total. The van der Waals surface area contributed by atoms with Gasteiger partial charge in [-0.15, -0.1) is 0 Å². The van der Waals surface area contributed by atoms with Gasteiger partial charge in [-0.3, -0.25) is 4.99 Å². The lowest BCUT2D eigenvalue weighted by Gasteiger charge is -2.36. The van der Waals surface area contributed by atoms with E-state index >= 15 is 0 Å². The van der Waals surface area contributed by atoms with Crippen molar-refractivity contribution in [2.45, 2.75) is 71.5 Å². The molecule has 2 unspecified atom stereocenters. The maximum atomic E-state index is 5.08. The van der Waals surface area contributed by atoms with Crippen molar-refractivity contribution in [3.63, 3.8) is 0 Å². The van der Waals surface area contributed by atoms with Crippen molar-refractivity contribution in [2.24, 2.45) is 15.0 Å². The van der Waals surface area contributed by atoms with Crippen LogP contribution in [0.5, 0.6) is 0 Å². The van der Waals surface area contributed by atoms with E-state index in [1.165, 1.54) is 36.8 Å². The van der Waals surface area contributed by atoms with E-state index in [2.05, 4.69) is 61.2 Å². The molecular weight excluding hydrogens is 382 g/mol. The van der Waals surface area contributed by atoms with Crippen LogP contribution in [-0.2, 0) is 0 Å². The minimum atomic E-state index is 0.581. The summed E-state index contributed by atoms with van der Waals surface area (Å²) in [6, 6.07) is 6.36. The van der Waals surface area contributed by atoms with E-state index in [0.717, 1.165) is 34.2 Å². The number of nitrogens with zero attached hydrogens (tertiary/aromatic N) is 4. The average molecular weight is 418 g/mol. The maximum absolute atomic E-state index is 5.08. The Morgan fingerprint density at radius 2 is 1.77 bits per heavy atom. The number of benzene rings is 1. The minimum Gasteiger partial charge on any atom is -0.360 e. The molecular formula is C26H35N5. The zero-order valence-corrected chi connectivity index (χ0v) is 19.7. The molecule has 0 saturated carbocycles. The Balaban J connectivity index is 1.58. The van der Waals surface area contributed by atoms with Gasteiger partial charge in [-0.05, 0) is 88.8 Å². The molecule has 4 rings (SSSR count). The van der Waals surface area contributed by atoms with Gasteiger partial charge < -0.3 is 10.2 Å². The number of dihydropyridines is 1. The lowest BCUT2D eigenvalue weighted by Crippen LogP contribution is -2.48. The first-order valence-corrected chi connectivity index (χ1v) is 11.5. The number of amidine groups is 1. The minimum absolute atomic E-state index is 0.581. The SMILES string of the molecule is C/C=C1/N=C(c2cc(C)c(N=C(C)N(C)C3CC4CCC(C3)N4)c(C)c2)C=CC1=NC. The first-order valence-electron chi connectivity index (χ1n) is 11.5. The van der Waals surface area contributed by atoms with Gasteiger partial charge in [0, 0.05) is 37.8 Å². The fourth-order valence-electron chi connectivity index (χ4n) is 5.16. The number of nitrogens with one attached hydrogen (secondary N) is 1. The van der Waals surface area contributed by atoms with Crippen molar-refractivity contribution in [2.75, 3.05) is 14.1 Å². The Bertz CT molecular complexity index is 976. The zero-order valence-electron chi connectivity index (χ0n) is 19.7. The summed E-state index contributed by atoms with van der Waals surface area (Å²) in [4.78, 5) is 16.6. The van der Waals surface area contributed by atoms with Crippen molar-refractivity contribution in [3.05, 3.63) is 52.7 Å².